The van der Waals surface area contributed by atoms with Crippen LogP contribution >= 0.6 is 11.3 Å². The third-order valence-electron chi connectivity index (χ3n) is 3.82. The number of hydrogen-bond acceptors (Lipinski definition) is 5. The van der Waals surface area contributed by atoms with Crippen molar-refractivity contribution >= 4 is 21.6 Å². The fourth-order valence-corrected chi connectivity index (χ4v) is 3.74. The summed E-state index contributed by atoms with van der Waals surface area (Å²) in [5, 5.41) is 1.23. The molecule has 2 N–H and O–H groups in total. The van der Waals surface area contributed by atoms with Gasteiger partial charge in [-0.1, -0.05) is 6.07 Å². The molecule has 2 heterocycles. The van der Waals surface area contributed by atoms with Crippen LogP contribution in [0.2, 0.25) is 0 Å². The molecule has 4 rings (SSSR count). The van der Waals surface area contributed by atoms with Crippen molar-refractivity contribution in [3.05, 3.63) is 41.9 Å². The molecule has 100 valence electrons. The summed E-state index contributed by atoms with van der Waals surface area (Å²) >= 11 is 1.78. The minimum Gasteiger partial charge on any atom is -0.328 e. The molecule has 4 nitrogen and oxygen atoms in total. The summed E-state index contributed by atoms with van der Waals surface area (Å²) in [4.78, 5) is 12.9. The number of hydrogen-bond donors (Lipinski definition) is 1. The number of fused-ring (bicyclic) bond motifs is 1. The second kappa shape index (κ2) is 4.61. The van der Waals surface area contributed by atoms with Crippen molar-refractivity contribution in [1.29, 1.82) is 0 Å². The molecule has 20 heavy (non-hydrogen) atoms. The third-order valence-corrected chi connectivity index (χ3v) is 5.00. The molecule has 3 aromatic rings. The van der Waals surface area contributed by atoms with Crippen LogP contribution in [-0.4, -0.2) is 21.0 Å². The predicted molar refractivity (Wildman–Crippen MR) is 80.6 cm³/mol. The van der Waals surface area contributed by atoms with Gasteiger partial charge >= 0.3 is 0 Å². The molecule has 5 heteroatoms. The van der Waals surface area contributed by atoms with Crippen LogP contribution in [0.15, 0.2) is 36.9 Å². The van der Waals surface area contributed by atoms with Crippen molar-refractivity contribution in [2.45, 2.75) is 24.8 Å². The normalized spacial score (nSPS) is 21.9. The predicted octanol–water partition coefficient (Wildman–Crippen LogP) is 2.96. The maximum absolute atomic E-state index is 5.86. The number of nitrogens with zero attached hydrogens (tertiary/aromatic N) is 3. The van der Waals surface area contributed by atoms with E-state index in [0.717, 1.165) is 29.5 Å². The van der Waals surface area contributed by atoms with E-state index in [1.54, 1.807) is 17.7 Å². The van der Waals surface area contributed by atoms with E-state index < -0.39 is 0 Å². The number of aromatic nitrogens is 3. The fourth-order valence-electron chi connectivity index (χ4n) is 2.61. The highest BCUT2D eigenvalue weighted by Gasteiger charge is 2.29. The largest absolute Gasteiger partial charge is 0.328 e. The van der Waals surface area contributed by atoms with Crippen molar-refractivity contribution in [3.63, 3.8) is 0 Å². The van der Waals surface area contributed by atoms with Crippen LogP contribution < -0.4 is 5.73 Å². The first-order chi connectivity index (χ1) is 9.79. The van der Waals surface area contributed by atoms with Crippen molar-refractivity contribution in [3.8, 4) is 11.1 Å². The van der Waals surface area contributed by atoms with Crippen LogP contribution in [0.5, 0.6) is 0 Å². The second-order valence-corrected chi connectivity index (χ2v) is 6.35. The maximum Gasteiger partial charge on any atom is 0.115 e. The number of benzene rings is 1. The minimum absolute atomic E-state index is 0.365. The van der Waals surface area contributed by atoms with Gasteiger partial charge in [0.25, 0.3) is 0 Å². The van der Waals surface area contributed by atoms with Gasteiger partial charge in [0, 0.05) is 29.9 Å². The fraction of sp³-hybridized carbons (Fsp3) is 0.267. The zero-order valence-corrected chi connectivity index (χ0v) is 11.7. The quantitative estimate of drug-likeness (QED) is 0.785. The average Bonchev–Trinajstić information content (AvgIpc) is 2.87. The molecule has 0 bridgehead atoms. The lowest BCUT2D eigenvalue weighted by Gasteiger charge is -2.30. The minimum atomic E-state index is 0.365. The van der Waals surface area contributed by atoms with Gasteiger partial charge in [0.15, 0.2) is 0 Å². The summed E-state index contributed by atoms with van der Waals surface area (Å²) in [6, 6.07) is 6.70. The van der Waals surface area contributed by atoms with Gasteiger partial charge in [0.2, 0.25) is 0 Å². The Morgan fingerprint density at radius 3 is 2.65 bits per heavy atom. The molecule has 0 radical (unpaired) electrons. The van der Waals surface area contributed by atoms with Gasteiger partial charge in [-0.2, -0.15) is 0 Å². The van der Waals surface area contributed by atoms with Gasteiger partial charge < -0.3 is 5.73 Å². The van der Waals surface area contributed by atoms with Crippen molar-refractivity contribution in [2.75, 3.05) is 0 Å². The molecular weight excluding hydrogens is 268 g/mol. The van der Waals surface area contributed by atoms with E-state index in [-0.39, 0.29) is 0 Å². The van der Waals surface area contributed by atoms with Crippen molar-refractivity contribution in [2.24, 2.45) is 5.73 Å². The van der Waals surface area contributed by atoms with Crippen LogP contribution in [0.1, 0.15) is 23.8 Å². The van der Waals surface area contributed by atoms with Gasteiger partial charge in [-0.05, 0) is 30.5 Å². The monoisotopic (exact) mass is 282 g/mol. The van der Waals surface area contributed by atoms with Gasteiger partial charge in [-0.3, -0.25) is 0 Å². The topological polar surface area (TPSA) is 64.7 Å². The first-order valence-electron chi connectivity index (χ1n) is 6.71. The van der Waals surface area contributed by atoms with E-state index in [0.29, 0.717) is 12.0 Å². The van der Waals surface area contributed by atoms with Crippen molar-refractivity contribution < 1.29 is 0 Å². The Labute approximate surface area is 120 Å². The molecule has 2 aromatic heterocycles. The summed E-state index contributed by atoms with van der Waals surface area (Å²) in [5.41, 5.74) is 9.11. The summed E-state index contributed by atoms with van der Waals surface area (Å²) in [7, 11) is 0. The van der Waals surface area contributed by atoms with Gasteiger partial charge in [0.05, 0.1) is 15.2 Å². The van der Waals surface area contributed by atoms with Gasteiger partial charge in [0.1, 0.15) is 6.33 Å². The number of thiazole rings is 1. The number of nitrogens with two attached hydrogens (primary N) is 1. The lowest BCUT2D eigenvalue weighted by atomic mass is 9.81. The second-order valence-electron chi connectivity index (χ2n) is 5.29. The Kier molecular flexibility index (Phi) is 2.75. The van der Waals surface area contributed by atoms with E-state index in [1.807, 2.05) is 12.4 Å². The molecule has 1 saturated carbocycles. The Bertz CT molecular complexity index is 747. The summed E-state index contributed by atoms with van der Waals surface area (Å²) < 4.78 is 1.22. The smallest absolute Gasteiger partial charge is 0.115 e. The van der Waals surface area contributed by atoms with Crippen molar-refractivity contribution in [1.82, 2.24) is 15.0 Å². The summed E-state index contributed by atoms with van der Waals surface area (Å²) in [6.45, 7) is 0. The average molecular weight is 282 g/mol. The zero-order valence-electron chi connectivity index (χ0n) is 10.9. The lowest BCUT2D eigenvalue weighted by Crippen LogP contribution is -2.34. The third kappa shape index (κ3) is 1.99. The molecule has 1 fully saturated rings. The van der Waals surface area contributed by atoms with Crippen LogP contribution in [0, 0.1) is 0 Å². The molecule has 0 spiro atoms. The van der Waals surface area contributed by atoms with Crippen LogP contribution in [0.25, 0.3) is 21.3 Å². The highest BCUT2D eigenvalue weighted by atomic mass is 32.1. The highest BCUT2D eigenvalue weighted by molar-refractivity contribution is 7.18. The van der Waals surface area contributed by atoms with Crippen LogP contribution in [-0.2, 0) is 0 Å². The first kappa shape index (κ1) is 11.9. The Morgan fingerprint density at radius 2 is 1.90 bits per heavy atom. The molecule has 0 amide bonds. The molecule has 0 saturated heterocycles. The maximum atomic E-state index is 5.86. The highest BCUT2D eigenvalue weighted by Crippen LogP contribution is 2.40. The lowest BCUT2D eigenvalue weighted by molar-refractivity contribution is 0.351. The molecule has 1 aliphatic rings. The first-order valence-corrected chi connectivity index (χ1v) is 7.53. The van der Waals surface area contributed by atoms with Crippen LogP contribution in [0.4, 0.5) is 0 Å². The van der Waals surface area contributed by atoms with E-state index in [2.05, 4.69) is 28.2 Å². The Morgan fingerprint density at radius 1 is 1.10 bits per heavy atom. The summed E-state index contributed by atoms with van der Waals surface area (Å²) in [5.74, 6) is 0.561. The Hall–Kier alpha value is -1.85. The van der Waals surface area contributed by atoms with E-state index in [9.17, 15) is 0 Å². The van der Waals surface area contributed by atoms with Gasteiger partial charge in [-0.15, -0.1) is 11.3 Å². The molecular formula is C15H14N4S. The van der Waals surface area contributed by atoms with E-state index in [1.165, 1.54) is 9.71 Å². The van der Waals surface area contributed by atoms with Gasteiger partial charge in [-0.25, -0.2) is 15.0 Å². The standard InChI is InChI=1S/C15H14N4S/c16-12-3-10(4-12)15-19-13-2-1-9(5-14(13)20-15)11-6-17-8-18-7-11/h1-2,5-8,10,12H,3-4,16H2. The SMILES string of the molecule is NC1CC(c2nc3ccc(-c4cncnc4)cc3s2)C1. The molecule has 0 unspecified atom stereocenters. The van der Waals surface area contributed by atoms with E-state index >= 15 is 0 Å². The molecule has 0 aliphatic heterocycles. The number of rotatable bonds is 2. The Balaban J connectivity index is 1.72. The summed E-state index contributed by atoms with van der Waals surface area (Å²) in [6.07, 6.45) is 7.35. The van der Waals surface area contributed by atoms with Crippen LogP contribution in [0.3, 0.4) is 0 Å². The molecule has 1 aromatic carbocycles. The van der Waals surface area contributed by atoms with E-state index in [4.69, 9.17) is 10.7 Å². The molecule has 1 aliphatic carbocycles. The zero-order chi connectivity index (χ0) is 13.5. The molecule has 0 atom stereocenters.